The van der Waals surface area contributed by atoms with E-state index in [0.717, 1.165) is 26.7 Å². The summed E-state index contributed by atoms with van der Waals surface area (Å²) in [7, 11) is 0. The summed E-state index contributed by atoms with van der Waals surface area (Å²) in [6, 6.07) is 22.0. The first kappa shape index (κ1) is 23.3. The number of aryl methyl sites for hydroxylation is 1. The number of carboxylic acid groups (broad SMARTS) is 1. The maximum atomic E-state index is 11.0. The van der Waals surface area contributed by atoms with Crippen LogP contribution in [0.4, 0.5) is 0 Å². The standard InChI is InChI=1S/C25H22BrIO4/c1-16-15-22(11-12-24(16)31-17(2)25(28)29)30-14-13-23(18-3-7-20(26)8-4-18)19-5-9-21(27)10-6-19/h3-13,15,17H,14H2,1-2H3,(H,28,29). The minimum Gasteiger partial charge on any atom is -0.489 e. The average molecular weight is 593 g/mol. The number of ether oxygens (including phenoxy) is 2. The van der Waals surface area contributed by atoms with Crippen LogP contribution in [0.3, 0.4) is 0 Å². The predicted octanol–water partition coefficient (Wildman–Crippen LogP) is 6.72. The van der Waals surface area contributed by atoms with Crippen molar-refractivity contribution < 1.29 is 19.4 Å². The molecule has 3 aromatic carbocycles. The minimum absolute atomic E-state index is 0.391. The van der Waals surface area contributed by atoms with E-state index in [9.17, 15) is 4.79 Å². The topological polar surface area (TPSA) is 55.8 Å². The van der Waals surface area contributed by atoms with Crippen LogP contribution >= 0.6 is 38.5 Å². The van der Waals surface area contributed by atoms with Gasteiger partial charge in [-0.05, 0) is 107 Å². The number of rotatable bonds is 8. The van der Waals surface area contributed by atoms with Gasteiger partial charge in [-0.3, -0.25) is 0 Å². The fraction of sp³-hybridized carbons (Fsp3) is 0.160. The van der Waals surface area contributed by atoms with Crippen molar-refractivity contribution in [1.29, 1.82) is 0 Å². The molecule has 0 amide bonds. The molecule has 1 unspecified atom stereocenters. The second-order valence-corrected chi connectivity index (χ2v) is 9.13. The van der Waals surface area contributed by atoms with Gasteiger partial charge in [-0.2, -0.15) is 0 Å². The van der Waals surface area contributed by atoms with Gasteiger partial charge in [0, 0.05) is 8.04 Å². The SMILES string of the molecule is Cc1cc(OCC=C(c2ccc(Br)cc2)c2ccc(I)cc2)ccc1OC(C)C(=O)O. The van der Waals surface area contributed by atoms with Crippen LogP contribution in [-0.2, 0) is 4.79 Å². The maximum Gasteiger partial charge on any atom is 0.344 e. The smallest absolute Gasteiger partial charge is 0.344 e. The van der Waals surface area contributed by atoms with Gasteiger partial charge in [0.05, 0.1) is 0 Å². The summed E-state index contributed by atoms with van der Waals surface area (Å²) < 4.78 is 13.6. The molecule has 0 aliphatic rings. The summed E-state index contributed by atoms with van der Waals surface area (Å²) in [4.78, 5) is 11.0. The Hall–Kier alpha value is -2.32. The molecule has 0 aromatic heterocycles. The lowest BCUT2D eigenvalue weighted by atomic mass is 9.98. The third kappa shape index (κ3) is 6.58. The number of carbonyl (C=O) groups is 1. The van der Waals surface area contributed by atoms with Crippen LogP contribution < -0.4 is 9.47 Å². The van der Waals surface area contributed by atoms with Crippen molar-refractivity contribution >= 4 is 50.1 Å². The van der Waals surface area contributed by atoms with Crippen LogP contribution in [0.5, 0.6) is 11.5 Å². The van der Waals surface area contributed by atoms with Gasteiger partial charge in [0.25, 0.3) is 0 Å². The number of aliphatic carboxylic acids is 1. The molecule has 1 N–H and O–H groups in total. The van der Waals surface area contributed by atoms with Crippen molar-refractivity contribution in [2.75, 3.05) is 6.61 Å². The molecule has 0 heterocycles. The zero-order valence-electron chi connectivity index (χ0n) is 17.1. The summed E-state index contributed by atoms with van der Waals surface area (Å²) >= 11 is 5.79. The summed E-state index contributed by atoms with van der Waals surface area (Å²) in [5.74, 6) is 0.231. The van der Waals surface area contributed by atoms with Gasteiger partial charge >= 0.3 is 5.97 Å². The van der Waals surface area contributed by atoms with Crippen LogP contribution in [0.2, 0.25) is 0 Å². The van der Waals surface area contributed by atoms with Crippen LogP contribution in [0.15, 0.2) is 77.3 Å². The number of halogens is 2. The van der Waals surface area contributed by atoms with Crippen molar-refractivity contribution in [2.24, 2.45) is 0 Å². The van der Waals surface area contributed by atoms with E-state index >= 15 is 0 Å². The maximum absolute atomic E-state index is 11.0. The number of hydrogen-bond acceptors (Lipinski definition) is 3. The lowest BCUT2D eigenvalue weighted by Crippen LogP contribution is -2.23. The van der Waals surface area contributed by atoms with E-state index in [1.165, 1.54) is 10.5 Å². The molecule has 0 aliphatic carbocycles. The van der Waals surface area contributed by atoms with Gasteiger partial charge in [0.1, 0.15) is 18.1 Å². The van der Waals surface area contributed by atoms with Crippen LogP contribution in [0.1, 0.15) is 23.6 Å². The lowest BCUT2D eigenvalue weighted by Gasteiger charge is -2.14. The average Bonchev–Trinajstić information content (AvgIpc) is 2.74. The van der Waals surface area contributed by atoms with E-state index in [2.05, 4.69) is 81.0 Å². The molecule has 3 aromatic rings. The van der Waals surface area contributed by atoms with Crippen molar-refractivity contribution in [2.45, 2.75) is 20.0 Å². The first-order chi connectivity index (χ1) is 14.8. The zero-order chi connectivity index (χ0) is 22.4. The molecule has 1 atom stereocenters. The molecule has 160 valence electrons. The monoisotopic (exact) mass is 592 g/mol. The Balaban J connectivity index is 1.78. The molecule has 3 rings (SSSR count). The molecule has 0 spiro atoms. The van der Waals surface area contributed by atoms with E-state index in [0.29, 0.717) is 18.1 Å². The Morgan fingerprint density at radius 2 is 1.68 bits per heavy atom. The van der Waals surface area contributed by atoms with Crippen molar-refractivity contribution in [3.8, 4) is 11.5 Å². The van der Waals surface area contributed by atoms with Gasteiger partial charge in [0.15, 0.2) is 6.10 Å². The summed E-state index contributed by atoms with van der Waals surface area (Å²) in [6.45, 7) is 3.76. The van der Waals surface area contributed by atoms with Gasteiger partial charge < -0.3 is 14.6 Å². The predicted molar refractivity (Wildman–Crippen MR) is 135 cm³/mol. The number of benzene rings is 3. The van der Waals surface area contributed by atoms with E-state index in [1.54, 1.807) is 12.1 Å². The Labute approximate surface area is 204 Å². The second-order valence-electron chi connectivity index (χ2n) is 6.97. The van der Waals surface area contributed by atoms with Gasteiger partial charge in [-0.1, -0.05) is 40.2 Å². The second kappa shape index (κ2) is 10.8. The molecule has 0 fully saturated rings. The summed E-state index contributed by atoms with van der Waals surface area (Å²) in [5.41, 5.74) is 4.14. The van der Waals surface area contributed by atoms with Gasteiger partial charge in [0.2, 0.25) is 0 Å². The third-order valence-electron chi connectivity index (χ3n) is 4.65. The molecule has 0 bridgehead atoms. The van der Waals surface area contributed by atoms with Crippen molar-refractivity contribution in [1.82, 2.24) is 0 Å². The van der Waals surface area contributed by atoms with E-state index in [4.69, 9.17) is 14.6 Å². The molecule has 0 aliphatic heterocycles. The van der Waals surface area contributed by atoms with Crippen LogP contribution in [0, 0.1) is 10.5 Å². The highest BCUT2D eigenvalue weighted by molar-refractivity contribution is 14.1. The van der Waals surface area contributed by atoms with Crippen molar-refractivity contribution in [3.63, 3.8) is 0 Å². The highest BCUT2D eigenvalue weighted by atomic mass is 127. The van der Waals surface area contributed by atoms with E-state index in [-0.39, 0.29) is 0 Å². The first-order valence-electron chi connectivity index (χ1n) is 9.68. The van der Waals surface area contributed by atoms with Gasteiger partial charge in [-0.25, -0.2) is 4.79 Å². The quantitative estimate of drug-likeness (QED) is 0.295. The van der Waals surface area contributed by atoms with Crippen LogP contribution in [-0.4, -0.2) is 23.8 Å². The zero-order valence-corrected chi connectivity index (χ0v) is 20.9. The molecule has 4 nitrogen and oxygen atoms in total. The summed E-state index contributed by atoms with van der Waals surface area (Å²) in [5, 5.41) is 9.02. The third-order valence-corrected chi connectivity index (χ3v) is 5.89. The Kier molecular flexibility index (Phi) is 8.15. The van der Waals surface area contributed by atoms with Crippen LogP contribution in [0.25, 0.3) is 5.57 Å². The molecule has 31 heavy (non-hydrogen) atoms. The Morgan fingerprint density at radius 3 is 2.26 bits per heavy atom. The number of hydrogen-bond donors (Lipinski definition) is 1. The number of carboxylic acids is 1. The highest BCUT2D eigenvalue weighted by Crippen LogP contribution is 2.27. The summed E-state index contributed by atoms with van der Waals surface area (Å²) in [6.07, 6.45) is 1.16. The van der Waals surface area contributed by atoms with Crippen molar-refractivity contribution in [3.05, 3.63) is 97.5 Å². The van der Waals surface area contributed by atoms with E-state index < -0.39 is 12.1 Å². The highest BCUT2D eigenvalue weighted by Gasteiger charge is 2.14. The molecule has 0 radical (unpaired) electrons. The minimum atomic E-state index is -0.999. The first-order valence-corrected chi connectivity index (χ1v) is 11.6. The Morgan fingerprint density at radius 1 is 1.06 bits per heavy atom. The van der Waals surface area contributed by atoms with Gasteiger partial charge in [-0.15, -0.1) is 0 Å². The molecule has 0 saturated heterocycles. The fourth-order valence-electron chi connectivity index (χ4n) is 2.97. The molecular formula is C25H22BrIO4. The van der Waals surface area contributed by atoms with E-state index in [1.807, 2.05) is 25.1 Å². The molecular weight excluding hydrogens is 571 g/mol. The molecule has 6 heteroatoms. The lowest BCUT2D eigenvalue weighted by molar-refractivity contribution is -0.144. The fourth-order valence-corrected chi connectivity index (χ4v) is 3.59. The molecule has 0 saturated carbocycles. The Bertz CT molecular complexity index is 1030. The normalized spacial score (nSPS) is 12.3. The largest absolute Gasteiger partial charge is 0.489 e.